The molecule has 4 nitrogen and oxygen atoms in total. The highest BCUT2D eigenvalue weighted by atomic mass is 79.9. The lowest BCUT2D eigenvalue weighted by Gasteiger charge is -2.07. The molecular weight excluding hydrogens is 250 g/mol. The van der Waals surface area contributed by atoms with Crippen LogP contribution < -0.4 is 5.32 Å². The molecule has 0 saturated carbocycles. The van der Waals surface area contributed by atoms with E-state index >= 15 is 0 Å². The summed E-state index contributed by atoms with van der Waals surface area (Å²) in [7, 11) is 1.37. The Bertz CT molecular complexity index is 274. The molecule has 1 rings (SSSR count). The van der Waals surface area contributed by atoms with Crippen LogP contribution in [-0.2, 0) is 16.1 Å². The molecule has 0 aromatic carbocycles. The molecule has 0 aliphatic rings. The minimum Gasteiger partial charge on any atom is -0.472 e. The Hall–Kier alpha value is -0.810. The highest BCUT2D eigenvalue weighted by molar-refractivity contribution is 9.10. The molecule has 0 amide bonds. The van der Waals surface area contributed by atoms with Crippen molar-refractivity contribution in [2.24, 2.45) is 0 Å². The first kappa shape index (κ1) is 11.3. The number of hydrogen-bond donors (Lipinski definition) is 1. The molecule has 1 atom stereocenters. The molecule has 0 radical (unpaired) electrons. The Balaban J connectivity index is 2.18. The third kappa shape index (κ3) is 3.51. The number of carbonyl (C=O) groups excluding carboxylic acids is 1. The van der Waals surface area contributed by atoms with Crippen LogP contribution in [0.2, 0.25) is 0 Å². The van der Waals surface area contributed by atoms with E-state index in [4.69, 9.17) is 4.42 Å². The molecule has 1 aromatic rings. The number of carbonyl (C=O) groups is 1. The molecule has 0 spiro atoms. The standard InChI is InChI=1S/C9H12BrNO3/c1-13-9(12)8(10)5-11-4-7-2-3-14-6-7/h2-3,6,8,11H,4-5H2,1H3. The molecule has 5 heteroatoms. The fourth-order valence-electron chi connectivity index (χ4n) is 0.948. The lowest BCUT2D eigenvalue weighted by molar-refractivity contribution is -0.139. The van der Waals surface area contributed by atoms with Crippen LogP contribution in [0.1, 0.15) is 5.56 Å². The lowest BCUT2D eigenvalue weighted by Crippen LogP contribution is -2.29. The zero-order valence-corrected chi connectivity index (χ0v) is 9.41. The van der Waals surface area contributed by atoms with Crippen LogP contribution >= 0.6 is 15.9 Å². The van der Waals surface area contributed by atoms with E-state index in [0.29, 0.717) is 13.1 Å². The first-order valence-electron chi connectivity index (χ1n) is 4.17. The highest BCUT2D eigenvalue weighted by Gasteiger charge is 2.13. The average molecular weight is 262 g/mol. The van der Waals surface area contributed by atoms with Crippen molar-refractivity contribution < 1.29 is 13.9 Å². The predicted octanol–water partition coefficient (Wildman–Crippen LogP) is 1.31. The second kappa shape index (κ2) is 5.82. The SMILES string of the molecule is COC(=O)C(Br)CNCc1ccoc1. The van der Waals surface area contributed by atoms with Gasteiger partial charge in [-0.25, -0.2) is 0 Å². The number of furan rings is 1. The van der Waals surface area contributed by atoms with E-state index in [2.05, 4.69) is 26.0 Å². The van der Waals surface area contributed by atoms with E-state index in [1.165, 1.54) is 7.11 Å². The highest BCUT2D eigenvalue weighted by Crippen LogP contribution is 2.02. The summed E-state index contributed by atoms with van der Waals surface area (Å²) < 4.78 is 9.45. The van der Waals surface area contributed by atoms with Crippen molar-refractivity contribution in [1.82, 2.24) is 5.32 Å². The summed E-state index contributed by atoms with van der Waals surface area (Å²) in [6.45, 7) is 1.20. The number of hydrogen-bond acceptors (Lipinski definition) is 4. The molecule has 1 heterocycles. The number of nitrogens with one attached hydrogen (secondary N) is 1. The van der Waals surface area contributed by atoms with Crippen LogP contribution in [0, 0.1) is 0 Å². The Kier molecular flexibility index (Phi) is 4.69. The third-order valence-corrected chi connectivity index (χ3v) is 2.39. The van der Waals surface area contributed by atoms with Gasteiger partial charge in [-0.15, -0.1) is 0 Å². The fourth-order valence-corrected chi connectivity index (χ4v) is 1.36. The van der Waals surface area contributed by atoms with Crippen LogP contribution in [0.5, 0.6) is 0 Å². The minimum atomic E-state index is -0.306. The summed E-state index contributed by atoms with van der Waals surface area (Å²) in [5.74, 6) is -0.273. The number of alkyl halides is 1. The van der Waals surface area contributed by atoms with Crippen LogP contribution in [0.25, 0.3) is 0 Å². The smallest absolute Gasteiger partial charge is 0.320 e. The number of halogens is 1. The van der Waals surface area contributed by atoms with Gasteiger partial charge in [0.15, 0.2) is 0 Å². The molecule has 0 aliphatic carbocycles. The van der Waals surface area contributed by atoms with Gasteiger partial charge in [0.25, 0.3) is 0 Å². The quantitative estimate of drug-likeness (QED) is 0.642. The molecule has 1 aromatic heterocycles. The molecule has 0 aliphatic heterocycles. The average Bonchev–Trinajstić information content (AvgIpc) is 2.69. The monoisotopic (exact) mass is 261 g/mol. The van der Waals surface area contributed by atoms with Crippen molar-refractivity contribution >= 4 is 21.9 Å². The van der Waals surface area contributed by atoms with Gasteiger partial charge in [-0.05, 0) is 6.07 Å². The summed E-state index contributed by atoms with van der Waals surface area (Å²) in [5.41, 5.74) is 1.05. The molecule has 1 unspecified atom stereocenters. The second-order valence-electron chi connectivity index (χ2n) is 2.75. The maximum atomic E-state index is 11.0. The van der Waals surface area contributed by atoms with Crippen LogP contribution in [0.3, 0.4) is 0 Å². The zero-order chi connectivity index (χ0) is 10.4. The predicted molar refractivity (Wildman–Crippen MR) is 55.1 cm³/mol. The van der Waals surface area contributed by atoms with Gasteiger partial charge in [-0.1, -0.05) is 15.9 Å². The van der Waals surface area contributed by atoms with Crippen molar-refractivity contribution in [3.05, 3.63) is 24.2 Å². The molecular formula is C9H12BrNO3. The molecule has 0 fully saturated rings. The largest absolute Gasteiger partial charge is 0.472 e. The van der Waals surface area contributed by atoms with Crippen molar-refractivity contribution in [1.29, 1.82) is 0 Å². The van der Waals surface area contributed by atoms with Gasteiger partial charge >= 0.3 is 5.97 Å². The summed E-state index contributed by atoms with van der Waals surface area (Å²) in [4.78, 5) is 10.7. The second-order valence-corrected chi connectivity index (χ2v) is 3.86. The number of esters is 1. The van der Waals surface area contributed by atoms with Crippen molar-refractivity contribution in [2.75, 3.05) is 13.7 Å². The Morgan fingerprint density at radius 1 is 1.79 bits per heavy atom. The van der Waals surface area contributed by atoms with Gasteiger partial charge in [0.2, 0.25) is 0 Å². The van der Waals surface area contributed by atoms with Crippen LogP contribution in [0.15, 0.2) is 23.0 Å². The fraction of sp³-hybridized carbons (Fsp3) is 0.444. The van der Waals surface area contributed by atoms with Gasteiger partial charge in [-0.2, -0.15) is 0 Å². The Morgan fingerprint density at radius 3 is 3.14 bits per heavy atom. The first-order valence-corrected chi connectivity index (χ1v) is 5.09. The Morgan fingerprint density at radius 2 is 2.57 bits per heavy atom. The van der Waals surface area contributed by atoms with Gasteiger partial charge in [0.05, 0.1) is 19.6 Å². The first-order chi connectivity index (χ1) is 6.74. The third-order valence-electron chi connectivity index (χ3n) is 1.69. The van der Waals surface area contributed by atoms with Crippen molar-refractivity contribution in [3.8, 4) is 0 Å². The molecule has 78 valence electrons. The Labute approximate surface area is 90.7 Å². The molecule has 0 saturated heterocycles. The van der Waals surface area contributed by atoms with Gasteiger partial charge < -0.3 is 14.5 Å². The minimum absolute atomic E-state index is 0.273. The number of methoxy groups -OCH3 is 1. The van der Waals surface area contributed by atoms with Gasteiger partial charge in [-0.3, -0.25) is 4.79 Å². The van der Waals surface area contributed by atoms with Crippen molar-refractivity contribution in [3.63, 3.8) is 0 Å². The van der Waals surface area contributed by atoms with E-state index < -0.39 is 0 Å². The molecule has 14 heavy (non-hydrogen) atoms. The maximum absolute atomic E-state index is 11.0. The van der Waals surface area contributed by atoms with E-state index in [-0.39, 0.29) is 10.8 Å². The van der Waals surface area contributed by atoms with Crippen LogP contribution in [0.4, 0.5) is 0 Å². The summed E-state index contributed by atoms with van der Waals surface area (Å²) >= 11 is 3.21. The van der Waals surface area contributed by atoms with E-state index in [1.54, 1.807) is 12.5 Å². The normalized spacial score (nSPS) is 12.4. The number of rotatable bonds is 5. The zero-order valence-electron chi connectivity index (χ0n) is 7.83. The van der Waals surface area contributed by atoms with Gasteiger partial charge in [0.1, 0.15) is 4.83 Å². The van der Waals surface area contributed by atoms with Crippen LogP contribution in [-0.4, -0.2) is 24.5 Å². The molecule has 0 bridgehead atoms. The summed E-state index contributed by atoms with van der Waals surface area (Å²) in [6, 6.07) is 1.87. The summed E-state index contributed by atoms with van der Waals surface area (Å²) in [6.07, 6.45) is 3.28. The number of ether oxygens (including phenoxy) is 1. The topological polar surface area (TPSA) is 51.5 Å². The van der Waals surface area contributed by atoms with E-state index in [9.17, 15) is 4.79 Å². The molecule has 1 N–H and O–H groups in total. The lowest BCUT2D eigenvalue weighted by atomic mass is 10.3. The van der Waals surface area contributed by atoms with E-state index in [1.807, 2.05) is 6.07 Å². The van der Waals surface area contributed by atoms with E-state index in [0.717, 1.165) is 5.56 Å². The summed E-state index contributed by atoms with van der Waals surface area (Å²) in [5, 5.41) is 3.10. The van der Waals surface area contributed by atoms with Crippen molar-refractivity contribution in [2.45, 2.75) is 11.4 Å². The van der Waals surface area contributed by atoms with Gasteiger partial charge in [0, 0.05) is 18.7 Å². The maximum Gasteiger partial charge on any atom is 0.320 e.